The summed E-state index contributed by atoms with van der Waals surface area (Å²) >= 11 is 1.40. The van der Waals surface area contributed by atoms with E-state index in [0.717, 1.165) is 15.8 Å². The number of methoxy groups -OCH3 is 1. The molecule has 3 aromatic rings. The highest BCUT2D eigenvalue weighted by atomic mass is 32.1. The quantitative estimate of drug-likeness (QED) is 0.400. The normalized spacial score (nSPS) is 12.3. The molecule has 0 spiro atoms. The van der Waals surface area contributed by atoms with Gasteiger partial charge in [0, 0.05) is 5.56 Å². The number of amidine groups is 1. The number of benzene rings is 2. The topological polar surface area (TPSA) is 102 Å². The van der Waals surface area contributed by atoms with Gasteiger partial charge < -0.3 is 10.5 Å². The van der Waals surface area contributed by atoms with Gasteiger partial charge in [-0.3, -0.25) is 10.1 Å². The van der Waals surface area contributed by atoms with Crippen LogP contribution in [0.2, 0.25) is 0 Å². The highest BCUT2D eigenvalue weighted by Crippen LogP contribution is 2.32. The minimum Gasteiger partial charge on any atom is -0.494 e. The second-order valence-corrected chi connectivity index (χ2v) is 6.81. The van der Waals surface area contributed by atoms with Crippen molar-refractivity contribution in [1.29, 1.82) is 0 Å². The van der Waals surface area contributed by atoms with E-state index < -0.39 is 0 Å². The lowest BCUT2D eigenvalue weighted by atomic mass is 10.1. The molecule has 0 saturated heterocycles. The molecular formula is C19H19N5O2S. The highest BCUT2D eigenvalue weighted by Gasteiger charge is 2.12. The number of carbonyl (C=O) groups is 1. The summed E-state index contributed by atoms with van der Waals surface area (Å²) in [6.45, 7) is 3.50. The first-order chi connectivity index (χ1) is 13.0. The fraction of sp³-hybridized carbons (Fsp3) is 0.158. The largest absolute Gasteiger partial charge is 0.494 e. The zero-order chi connectivity index (χ0) is 19.4. The summed E-state index contributed by atoms with van der Waals surface area (Å²) in [5.74, 6) is 0.835. The molecule has 0 fully saturated rings. The molecule has 0 unspecified atom stereocenters. The van der Waals surface area contributed by atoms with Crippen LogP contribution in [0.3, 0.4) is 0 Å². The van der Waals surface area contributed by atoms with Crippen LogP contribution >= 0.6 is 11.3 Å². The van der Waals surface area contributed by atoms with E-state index in [9.17, 15) is 4.79 Å². The molecule has 1 heterocycles. The summed E-state index contributed by atoms with van der Waals surface area (Å²) in [7, 11) is 1.60. The number of aromatic nitrogens is 1. The lowest BCUT2D eigenvalue weighted by Crippen LogP contribution is -2.11. The molecule has 2 aromatic carbocycles. The summed E-state index contributed by atoms with van der Waals surface area (Å²) in [6.07, 6.45) is 0. The lowest BCUT2D eigenvalue weighted by Gasteiger charge is -2.03. The van der Waals surface area contributed by atoms with Crippen LogP contribution in [0.5, 0.6) is 5.75 Å². The molecule has 0 aliphatic heterocycles. The molecule has 0 bridgehead atoms. The average molecular weight is 381 g/mol. The predicted octanol–water partition coefficient (Wildman–Crippen LogP) is 3.66. The average Bonchev–Trinajstić information content (AvgIpc) is 3.08. The highest BCUT2D eigenvalue weighted by molar-refractivity contribution is 7.22. The summed E-state index contributed by atoms with van der Waals surface area (Å²) in [5, 5.41) is 11.2. The fourth-order valence-electron chi connectivity index (χ4n) is 2.39. The van der Waals surface area contributed by atoms with Crippen molar-refractivity contribution in [3.63, 3.8) is 0 Å². The molecule has 1 amide bonds. The molecule has 3 N–H and O–H groups in total. The van der Waals surface area contributed by atoms with Gasteiger partial charge in [0.1, 0.15) is 17.1 Å². The van der Waals surface area contributed by atoms with Crippen molar-refractivity contribution in [2.45, 2.75) is 13.8 Å². The number of ether oxygens (including phenoxy) is 1. The van der Waals surface area contributed by atoms with Gasteiger partial charge in [0.15, 0.2) is 5.13 Å². The van der Waals surface area contributed by atoms with Gasteiger partial charge in [-0.15, -0.1) is 5.10 Å². The van der Waals surface area contributed by atoms with Crippen molar-refractivity contribution in [3.05, 3.63) is 53.6 Å². The van der Waals surface area contributed by atoms with E-state index >= 15 is 0 Å². The van der Waals surface area contributed by atoms with Gasteiger partial charge in [-0.1, -0.05) is 29.5 Å². The Bertz CT molecular complexity index is 1030. The van der Waals surface area contributed by atoms with Gasteiger partial charge in [0.25, 0.3) is 5.91 Å². The van der Waals surface area contributed by atoms with Gasteiger partial charge in [-0.2, -0.15) is 5.10 Å². The van der Waals surface area contributed by atoms with Crippen molar-refractivity contribution in [2.75, 3.05) is 12.4 Å². The van der Waals surface area contributed by atoms with Crippen LogP contribution in [0, 0.1) is 0 Å². The van der Waals surface area contributed by atoms with Crippen LogP contribution in [0.4, 0.5) is 5.13 Å². The van der Waals surface area contributed by atoms with Crippen LogP contribution in [-0.4, -0.2) is 29.5 Å². The molecule has 0 saturated carbocycles. The molecule has 3 rings (SSSR count). The van der Waals surface area contributed by atoms with E-state index in [0.29, 0.717) is 28.0 Å². The van der Waals surface area contributed by atoms with E-state index in [1.165, 1.54) is 11.3 Å². The molecule has 138 valence electrons. The van der Waals surface area contributed by atoms with Gasteiger partial charge >= 0.3 is 0 Å². The number of nitrogens with zero attached hydrogens (tertiary/aromatic N) is 3. The maximum absolute atomic E-state index is 12.5. The first kappa shape index (κ1) is 18.5. The number of thiazole rings is 1. The van der Waals surface area contributed by atoms with Crippen molar-refractivity contribution in [3.8, 4) is 5.75 Å². The van der Waals surface area contributed by atoms with E-state index in [4.69, 9.17) is 10.5 Å². The van der Waals surface area contributed by atoms with Crippen molar-refractivity contribution in [2.24, 2.45) is 15.9 Å². The zero-order valence-electron chi connectivity index (χ0n) is 15.2. The molecule has 0 atom stereocenters. The van der Waals surface area contributed by atoms with Crippen LogP contribution in [0.15, 0.2) is 52.7 Å². The Labute approximate surface area is 160 Å². The third-order valence-corrected chi connectivity index (χ3v) is 4.68. The number of fused-ring (bicyclic) bond motifs is 1. The standard InChI is InChI=1S/C19H19N5O2S/c1-11(23-24-12(2)20)13-7-9-14(10-8-13)18(25)22-19-21-17-15(26-3)5-4-6-16(17)27-19/h4-10H,1-3H3,(H2,20,24)(H,21,22,25)/b23-11+. The summed E-state index contributed by atoms with van der Waals surface area (Å²) in [4.78, 5) is 16.9. The molecule has 0 radical (unpaired) electrons. The van der Waals surface area contributed by atoms with E-state index in [1.54, 1.807) is 26.2 Å². The minimum absolute atomic E-state index is 0.231. The number of para-hydroxylation sites is 1. The van der Waals surface area contributed by atoms with Gasteiger partial charge in [0.05, 0.1) is 17.5 Å². The Hall–Kier alpha value is -3.26. The number of anilines is 1. The van der Waals surface area contributed by atoms with Crippen molar-refractivity contribution in [1.82, 2.24) is 4.98 Å². The second-order valence-electron chi connectivity index (χ2n) is 5.78. The maximum Gasteiger partial charge on any atom is 0.257 e. The Kier molecular flexibility index (Phi) is 5.46. The first-order valence-corrected chi connectivity index (χ1v) is 8.99. The molecule has 0 aliphatic rings. The SMILES string of the molecule is COc1cccc2sc(NC(=O)c3ccc(/C(C)=N/N=C(C)N)cc3)nc12. The zero-order valence-corrected chi connectivity index (χ0v) is 16.0. The summed E-state index contributed by atoms with van der Waals surface area (Å²) in [6, 6.07) is 12.8. The number of nitrogens with two attached hydrogens (primary N) is 1. The van der Waals surface area contributed by atoms with Crippen molar-refractivity contribution < 1.29 is 9.53 Å². The Morgan fingerprint density at radius 3 is 2.48 bits per heavy atom. The number of hydrogen-bond donors (Lipinski definition) is 2. The van der Waals surface area contributed by atoms with E-state index in [-0.39, 0.29) is 5.91 Å². The number of rotatable bonds is 5. The van der Waals surface area contributed by atoms with E-state index in [2.05, 4.69) is 20.5 Å². The summed E-state index contributed by atoms with van der Waals surface area (Å²) in [5.41, 5.74) is 8.31. The maximum atomic E-state index is 12.5. The van der Waals surface area contributed by atoms with Crippen LogP contribution in [0.25, 0.3) is 10.2 Å². The molecule has 1 aromatic heterocycles. The Morgan fingerprint density at radius 1 is 1.11 bits per heavy atom. The van der Waals surface area contributed by atoms with E-state index in [1.807, 2.05) is 37.3 Å². The second kappa shape index (κ2) is 7.96. The smallest absolute Gasteiger partial charge is 0.257 e. The Balaban J connectivity index is 1.77. The van der Waals surface area contributed by atoms with Crippen LogP contribution < -0.4 is 15.8 Å². The molecule has 7 nitrogen and oxygen atoms in total. The van der Waals surface area contributed by atoms with Crippen molar-refractivity contribution >= 4 is 44.1 Å². The predicted molar refractivity (Wildman–Crippen MR) is 110 cm³/mol. The summed E-state index contributed by atoms with van der Waals surface area (Å²) < 4.78 is 6.25. The first-order valence-electron chi connectivity index (χ1n) is 8.17. The van der Waals surface area contributed by atoms with Crippen LogP contribution in [0.1, 0.15) is 29.8 Å². The minimum atomic E-state index is -0.231. The monoisotopic (exact) mass is 381 g/mol. The number of hydrogen-bond acceptors (Lipinski definition) is 6. The lowest BCUT2D eigenvalue weighted by molar-refractivity contribution is 0.102. The number of nitrogens with one attached hydrogen (secondary N) is 1. The van der Waals surface area contributed by atoms with Crippen LogP contribution in [-0.2, 0) is 0 Å². The fourth-order valence-corrected chi connectivity index (χ4v) is 3.26. The number of carbonyl (C=O) groups excluding carboxylic acids is 1. The molecular weight excluding hydrogens is 362 g/mol. The third-order valence-electron chi connectivity index (χ3n) is 3.74. The van der Waals surface area contributed by atoms with Gasteiger partial charge in [-0.25, -0.2) is 4.98 Å². The molecule has 0 aliphatic carbocycles. The third kappa shape index (κ3) is 4.29. The molecule has 27 heavy (non-hydrogen) atoms. The van der Waals surface area contributed by atoms with Gasteiger partial charge in [0.2, 0.25) is 0 Å². The molecule has 8 heteroatoms. The Morgan fingerprint density at radius 2 is 1.81 bits per heavy atom. The van der Waals surface area contributed by atoms with Gasteiger partial charge in [-0.05, 0) is 43.7 Å². The number of amides is 1.